The molecule has 0 radical (unpaired) electrons. The van der Waals surface area contributed by atoms with Crippen LogP contribution >= 0.6 is 0 Å². The summed E-state index contributed by atoms with van der Waals surface area (Å²) >= 11 is 0. The van der Waals surface area contributed by atoms with E-state index in [0.717, 1.165) is 0 Å². The van der Waals surface area contributed by atoms with Gasteiger partial charge >= 0.3 is 11.8 Å². The zero-order valence-corrected chi connectivity index (χ0v) is 9.91. The van der Waals surface area contributed by atoms with Crippen LogP contribution in [0.15, 0.2) is 12.7 Å². The topological polar surface area (TPSA) is 67.4 Å². The Morgan fingerprint density at radius 1 is 1.31 bits per heavy atom. The Morgan fingerprint density at radius 2 is 1.94 bits per heavy atom. The summed E-state index contributed by atoms with van der Waals surface area (Å²) in [4.78, 5) is 22.2. The summed E-state index contributed by atoms with van der Waals surface area (Å²) < 4.78 is 5.28. The zero-order valence-electron chi connectivity index (χ0n) is 9.91. The molecule has 16 heavy (non-hydrogen) atoms. The first-order valence-electron chi connectivity index (χ1n) is 5.36. The van der Waals surface area contributed by atoms with Gasteiger partial charge in [-0.15, -0.1) is 6.58 Å². The van der Waals surface area contributed by atoms with Gasteiger partial charge in [-0.2, -0.15) is 0 Å². The van der Waals surface area contributed by atoms with Crippen molar-refractivity contribution < 1.29 is 14.3 Å². The fourth-order valence-electron chi connectivity index (χ4n) is 0.919. The van der Waals surface area contributed by atoms with Gasteiger partial charge in [0.1, 0.15) is 0 Å². The highest BCUT2D eigenvalue weighted by molar-refractivity contribution is 6.35. The molecule has 0 aromatic rings. The molecule has 2 N–H and O–H groups in total. The monoisotopic (exact) mass is 228 g/mol. The summed E-state index contributed by atoms with van der Waals surface area (Å²) in [6.07, 6.45) is 2.40. The Hall–Kier alpha value is -1.36. The molecule has 0 aliphatic carbocycles. The third-order valence-corrected chi connectivity index (χ3v) is 1.67. The third-order valence-electron chi connectivity index (χ3n) is 1.67. The van der Waals surface area contributed by atoms with Gasteiger partial charge in [-0.05, 0) is 20.3 Å². The maximum atomic E-state index is 11.1. The molecule has 0 saturated heterocycles. The van der Waals surface area contributed by atoms with E-state index in [0.29, 0.717) is 26.1 Å². The third kappa shape index (κ3) is 7.99. The molecular weight excluding hydrogens is 208 g/mol. The van der Waals surface area contributed by atoms with Gasteiger partial charge in [-0.1, -0.05) is 6.08 Å². The number of nitrogens with one attached hydrogen (secondary N) is 2. The van der Waals surface area contributed by atoms with E-state index < -0.39 is 11.8 Å². The quantitative estimate of drug-likeness (QED) is 0.372. The van der Waals surface area contributed by atoms with Gasteiger partial charge in [0.05, 0.1) is 6.10 Å². The minimum absolute atomic E-state index is 0.187. The van der Waals surface area contributed by atoms with Crippen molar-refractivity contribution in [3.63, 3.8) is 0 Å². The molecule has 0 fully saturated rings. The Kier molecular flexibility index (Phi) is 8.15. The molecule has 0 unspecified atom stereocenters. The van der Waals surface area contributed by atoms with Crippen molar-refractivity contribution in [3.8, 4) is 0 Å². The first-order valence-corrected chi connectivity index (χ1v) is 5.36. The Morgan fingerprint density at radius 3 is 2.50 bits per heavy atom. The van der Waals surface area contributed by atoms with E-state index in [1.165, 1.54) is 6.08 Å². The fraction of sp³-hybridized carbons (Fsp3) is 0.636. The predicted octanol–water partition coefficient (Wildman–Crippen LogP) is 0.220. The second-order valence-corrected chi connectivity index (χ2v) is 3.53. The van der Waals surface area contributed by atoms with E-state index in [1.54, 1.807) is 0 Å². The van der Waals surface area contributed by atoms with Gasteiger partial charge < -0.3 is 15.4 Å². The average molecular weight is 228 g/mol. The summed E-state index contributed by atoms with van der Waals surface area (Å²) in [6.45, 7) is 8.63. The van der Waals surface area contributed by atoms with E-state index in [9.17, 15) is 9.59 Å². The van der Waals surface area contributed by atoms with Crippen LogP contribution in [-0.2, 0) is 14.3 Å². The molecule has 0 aromatic carbocycles. The minimum atomic E-state index is -0.635. The maximum absolute atomic E-state index is 11.1. The molecule has 0 saturated carbocycles. The lowest BCUT2D eigenvalue weighted by Crippen LogP contribution is -2.40. The number of carbonyl (C=O) groups is 2. The van der Waals surface area contributed by atoms with Gasteiger partial charge in [0.2, 0.25) is 0 Å². The molecule has 2 amide bonds. The smallest absolute Gasteiger partial charge is 0.309 e. The first kappa shape index (κ1) is 14.6. The molecule has 0 rings (SSSR count). The van der Waals surface area contributed by atoms with Crippen LogP contribution in [0.1, 0.15) is 20.3 Å². The lowest BCUT2D eigenvalue weighted by atomic mass is 10.4. The van der Waals surface area contributed by atoms with Crippen LogP contribution in [0.4, 0.5) is 0 Å². The van der Waals surface area contributed by atoms with E-state index in [-0.39, 0.29) is 6.10 Å². The molecule has 0 spiro atoms. The van der Waals surface area contributed by atoms with Gasteiger partial charge in [0, 0.05) is 19.7 Å². The summed E-state index contributed by atoms with van der Waals surface area (Å²) in [7, 11) is 0. The number of hydrogen-bond acceptors (Lipinski definition) is 3. The molecule has 5 nitrogen and oxygen atoms in total. The number of amides is 2. The van der Waals surface area contributed by atoms with Crippen molar-refractivity contribution >= 4 is 11.8 Å². The van der Waals surface area contributed by atoms with Crippen molar-refractivity contribution in [2.24, 2.45) is 0 Å². The van der Waals surface area contributed by atoms with Crippen LogP contribution in [0.3, 0.4) is 0 Å². The number of hydrogen-bond donors (Lipinski definition) is 2. The first-order chi connectivity index (χ1) is 7.57. The summed E-state index contributed by atoms with van der Waals surface area (Å²) in [5.74, 6) is -1.25. The van der Waals surface area contributed by atoms with Crippen LogP contribution in [0, 0.1) is 0 Å². The molecule has 0 aromatic heterocycles. The molecular formula is C11H20N2O3. The zero-order chi connectivity index (χ0) is 12.4. The molecule has 0 bridgehead atoms. The van der Waals surface area contributed by atoms with Crippen LogP contribution in [0.25, 0.3) is 0 Å². The summed E-state index contributed by atoms with van der Waals surface area (Å²) in [6, 6.07) is 0. The second kappa shape index (κ2) is 8.91. The van der Waals surface area contributed by atoms with Crippen LogP contribution in [0.5, 0.6) is 0 Å². The number of rotatable bonds is 7. The fourth-order valence-corrected chi connectivity index (χ4v) is 0.919. The van der Waals surface area contributed by atoms with Crippen molar-refractivity contribution in [3.05, 3.63) is 12.7 Å². The molecule has 5 heteroatoms. The molecule has 0 aliphatic rings. The summed E-state index contributed by atoms with van der Waals surface area (Å²) in [5, 5.41) is 4.89. The minimum Gasteiger partial charge on any atom is -0.379 e. The highest BCUT2D eigenvalue weighted by Crippen LogP contribution is 1.88. The Balaban J connectivity index is 3.49. The molecule has 92 valence electrons. The maximum Gasteiger partial charge on any atom is 0.309 e. The lowest BCUT2D eigenvalue weighted by Gasteiger charge is -2.08. The van der Waals surface area contributed by atoms with E-state index in [4.69, 9.17) is 4.74 Å². The highest BCUT2D eigenvalue weighted by Gasteiger charge is 2.10. The van der Waals surface area contributed by atoms with Crippen LogP contribution in [-0.4, -0.2) is 37.6 Å². The molecule has 0 atom stereocenters. The van der Waals surface area contributed by atoms with Gasteiger partial charge in [0.25, 0.3) is 0 Å². The largest absolute Gasteiger partial charge is 0.379 e. The highest BCUT2D eigenvalue weighted by atomic mass is 16.5. The number of ether oxygens (including phenoxy) is 1. The SMILES string of the molecule is C=CCNC(=O)C(=O)NCCCOC(C)C. The van der Waals surface area contributed by atoms with Crippen LogP contribution < -0.4 is 10.6 Å². The average Bonchev–Trinajstić information content (AvgIpc) is 2.24. The number of carbonyl (C=O) groups excluding carboxylic acids is 2. The van der Waals surface area contributed by atoms with Gasteiger partial charge in [-0.3, -0.25) is 9.59 Å². The van der Waals surface area contributed by atoms with E-state index in [2.05, 4.69) is 17.2 Å². The standard InChI is InChI=1S/C11H20N2O3/c1-4-6-12-10(14)11(15)13-7-5-8-16-9(2)3/h4,9H,1,5-8H2,2-3H3,(H,12,14)(H,13,15). The summed E-state index contributed by atoms with van der Waals surface area (Å²) in [5.41, 5.74) is 0. The predicted molar refractivity (Wildman–Crippen MR) is 61.9 cm³/mol. The van der Waals surface area contributed by atoms with E-state index in [1.807, 2.05) is 13.8 Å². The van der Waals surface area contributed by atoms with Gasteiger partial charge in [-0.25, -0.2) is 0 Å². The lowest BCUT2D eigenvalue weighted by molar-refractivity contribution is -0.139. The van der Waals surface area contributed by atoms with Gasteiger partial charge in [0.15, 0.2) is 0 Å². The normalized spacial score (nSPS) is 9.94. The molecule has 0 heterocycles. The van der Waals surface area contributed by atoms with E-state index >= 15 is 0 Å². The Bertz CT molecular complexity index is 239. The molecule has 0 aliphatic heterocycles. The van der Waals surface area contributed by atoms with Crippen molar-refractivity contribution in [2.45, 2.75) is 26.4 Å². The second-order valence-electron chi connectivity index (χ2n) is 3.53. The van der Waals surface area contributed by atoms with Crippen molar-refractivity contribution in [1.29, 1.82) is 0 Å². The Labute approximate surface area is 96.2 Å². The van der Waals surface area contributed by atoms with Crippen molar-refractivity contribution in [2.75, 3.05) is 19.7 Å². The van der Waals surface area contributed by atoms with Crippen molar-refractivity contribution in [1.82, 2.24) is 10.6 Å². The van der Waals surface area contributed by atoms with Crippen LogP contribution in [0.2, 0.25) is 0 Å².